The second kappa shape index (κ2) is 6.24. The molecule has 0 radical (unpaired) electrons. The molecule has 0 atom stereocenters. The van der Waals surface area contributed by atoms with Crippen LogP contribution in [0.15, 0.2) is 39.5 Å². The molecule has 0 unspecified atom stereocenters. The van der Waals surface area contributed by atoms with Gasteiger partial charge in [0.1, 0.15) is 11.1 Å². The summed E-state index contributed by atoms with van der Waals surface area (Å²) in [6, 6.07) is 8.43. The first-order valence-electron chi connectivity index (χ1n) is 7.27. The zero-order valence-electron chi connectivity index (χ0n) is 13.7. The van der Waals surface area contributed by atoms with Gasteiger partial charge in [-0.1, -0.05) is 18.2 Å². The summed E-state index contributed by atoms with van der Waals surface area (Å²) in [7, 11) is 1.47. The Morgan fingerprint density at radius 1 is 1.22 bits per heavy atom. The van der Waals surface area contributed by atoms with Crippen LogP contribution in [-0.4, -0.2) is 35.8 Å². The summed E-state index contributed by atoms with van der Waals surface area (Å²) in [4.78, 5) is 37.5. The van der Waals surface area contributed by atoms with Gasteiger partial charge in [0.15, 0.2) is 0 Å². The number of para-hydroxylation sites is 1. The maximum absolute atomic E-state index is 12.4. The topological polar surface area (TPSA) is 79.6 Å². The zero-order valence-corrected chi connectivity index (χ0v) is 13.7. The molecule has 0 saturated carbocycles. The zero-order chi connectivity index (χ0) is 17.2. The third kappa shape index (κ3) is 4.18. The van der Waals surface area contributed by atoms with Crippen LogP contribution in [-0.2, 0) is 4.79 Å². The SMILES string of the molecule is CN(CC(=O)NC(C)(C)C)C(=O)c1cc2ccccc2oc1=O. The highest BCUT2D eigenvalue weighted by atomic mass is 16.4. The molecule has 122 valence electrons. The molecule has 23 heavy (non-hydrogen) atoms. The van der Waals surface area contributed by atoms with Gasteiger partial charge in [-0.05, 0) is 32.9 Å². The standard InChI is InChI=1S/C17H20N2O4/c1-17(2,3)18-14(20)10-19(4)15(21)12-9-11-7-5-6-8-13(11)23-16(12)22/h5-9H,10H2,1-4H3,(H,18,20). The first-order chi connectivity index (χ1) is 10.7. The van der Waals surface area contributed by atoms with Crippen LogP contribution < -0.4 is 10.9 Å². The van der Waals surface area contributed by atoms with E-state index in [-0.39, 0.29) is 23.6 Å². The normalized spacial score (nSPS) is 11.3. The lowest BCUT2D eigenvalue weighted by molar-refractivity contribution is -0.122. The van der Waals surface area contributed by atoms with Gasteiger partial charge in [-0.15, -0.1) is 0 Å². The van der Waals surface area contributed by atoms with Gasteiger partial charge in [0.05, 0.1) is 6.54 Å². The summed E-state index contributed by atoms with van der Waals surface area (Å²) in [5.74, 6) is -0.841. The van der Waals surface area contributed by atoms with Crippen molar-refractivity contribution < 1.29 is 14.0 Å². The summed E-state index contributed by atoms with van der Waals surface area (Å²) < 4.78 is 5.15. The highest BCUT2D eigenvalue weighted by molar-refractivity contribution is 5.98. The van der Waals surface area contributed by atoms with E-state index in [4.69, 9.17) is 4.42 Å². The number of benzene rings is 1. The maximum atomic E-state index is 12.4. The first kappa shape index (κ1) is 16.7. The van der Waals surface area contributed by atoms with Crippen LogP contribution >= 0.6 is 0 Å². The second-order valence-electron chi connectivity index (χ2n) is 6.44. The van der Waals surface area contributed by atoms with E-state index in [0.29, 0.717) is 11.0 Å². The van der Waals surface area contributed by atoms with Crippen molar-refractivity contribution in [3.8, 4) is 0 Å². The Kier molecular flexibility index (Phi) is 4.54. The lowest BCUT2D eigenvalue weighted by Gasteiger charge is -2.23. The molecule has 6 heteroatoms. The fourth-order valence-electron chi connectivity index (χ4n) is 2.16. The smallest absolute Gasteiger partial charge is 0.349 e. The van der Waals surface area contributed by atoms with Crippen LogP contribution in [0.3, 0.4) is 0 Å². The van der Waals surface area contributed by atoms with Crippen molar-refractivity contribution in [2.24, 2.45) is 0 Å². The van der Waals surface area contributed by atoms with E-state index in [2.05, 4.69) is 5.32 Å². The summed E-state index contributed by atoms with van der Waals surface area (Å²) in [5.41, 5.74) is -0.767. The molecule has 0 bridgehead atoms. The fraction of sp³-hybridized carbons (Fsp3) is 0.353. The van der Waals surface area contributed by atoms with Crippen molar-refractivity contribution in [2.45, 2.75) is 26.3 Å². The van der Waals surface area contributed by atoms with Gasteiger partial charge in [-0.25, -0.2) is 4.79 Å². The highest BCUT2D eigenvalue weighted by Gasteiger charge is 2.21. The minimum Gasteiger partial charge on any atom is -0.422 e. The van der Waals surface area contributed by atoms with Crippen LogP contribution in [0, 0.1) is 0 Å². The summed E-state index contributed by atoms with van der Waals surface area (Å²) in [6.07, 6.45) is 0. The van der Waals surface area contributed by atoms with Crippen molar-refractivity contribution in [3.05, 3.63) is 46.3 Å². The van der Waals surface area contributed by atoms with Gasteiger partial charge >= 0.3 is 5.63 Å². The van der Waals surface area contributed by atoms with E-state index in [0.717, 1.165) is 0 Å². The average molecular weight is 316 g/mol. The number of nitrogens with zero attached hydrogens (tertiary/aromatic N) is 1. The number of hydrogen-bond acceptors (Lipinski definition) is 4. The monoisotopic (exact) mass is 316 g/mol. The third-order valence-electron chi connectivity index (χ3n) is 3.11. The Morgan fingerprint density at radius 3 is 2.52 bits per heavy atom. The van der Waals surface area contributed by atoms with Gasteiger partial charge in [0, 0.05) is 18.0 Å². The van der Waals surface area contributed by atoms with Crippen molar-refractivity contribution in [2.75, 3.05) is 13.6 Å². The van der Waals surface area contributed by atoms with Gasteiger partial charge < -0.3 is 14.6 Å². The molecule has 1 N–H and O–H groups in total. The first-order valence-corrected chi connectivity index (χ1v) is 7.27. The van der Waals surface area contributed by atoms with E-state index in [1.807, 2.05) is 20.8 Å². The number of nitrogens with one attached hydrogen (secondary N) is 1. The average Bonchev–Trinajstić information content (AvgIpc) is 2.43. The van der Waals surface area contributed by atoms with Gasteiger partial charge in [-0.2, -0.15) is 0 Å². The predicted molar refractivity (Wildman–Crippen MR) is 87.3 cm³/mol. The predicted octanol–water partition coefficient (Wildman–Crippen LogP) is 1.78. The van der Waals surface area contributed by atoms with Crippen LogP contribution in [0.25, 0.3) is 11.0 Å². The van der Waals surface area contributed by atoms with E-state index < -0.39 is 11.5 Å². The highest BCUT2D eigenvalue weighted by Crippen LogP contribution is 2.13. The van der Waals surface area contributed by atoms with E-state index in [9.17, 15) is 14.4 Å². The van der Waals surface area contributed by atoms with Crippen molar-refractivity contribution >= 4 is 22.8 Å². The lowest BCUT2D eigenvalue weighted by Crippen LogP contribution is -2.46. The second-order valence-corrected chi connectivity index (χ2v) is 6.44. The Labute approximate surface area is 134 Å². The van der Waals surface area contributed by atoms with Gasteiger partial charge in [0.2, 0.25) is 5.91 Å². The number of amides is 2. The molecule has 2 rings (SSSR count). The van der Waals surface area contributed by atoms with E-state index in [1.54, 1.807) is 24.3 Å². The molecule has 0 aliphatic heterocycles. The molecule has 0 spiro atoms. The van der Waals surface area contributed by atoms with Gasteiger partial charge in [0.25, 0.3) is 5.91 Å². The summed E-state index contributed by atoms with van der Waals surface area (Å²) in [5, 5.41) is 3.42. The summed E-state index contributed by atoms with van der Waals surface area (Å²) in [6.45, 7) is 5.42. The van der Waals surface area contributed by atoms with Gasteiger partial charge in [-0.3, -0.25) is 9.59 Å². The largest absolute Gasteiger partial charge is 0.422 e. The minimum absolute atomic E-state index is 0.0882. The number of likely N-dealkylation sites (N-methyl/N-ethyl adjacent to an activating group) is 1. The molecule has 6 nitrogen and oxygen atoms in total. The summed E-state index contributed by atoms with van der Waals surface area (Å²) >= 11 is 0. The fourth-order valence-corrected chi connectivity index (χ4v) is 2.16. The van der Waals surface area contributed by atoms with Crippen LogP contribution in [0.1, 0.15) is 31.1 Å². The molecule has 0 saturated heterocycles. The molecule has 0 aliphatic carbocycles. The molecule has 1 aromatic heterocycles. The van der Waals surface area contributed by atoms with Crippen LogP contribution in [0.4, 0.5) is 0 Å². The van der Waals surface area contributed by atoms with E-state index in [1.165, 1.54) is 18.0 Å². The number of carbonyl (C=O) groups is 2. The molecule has 1 heterocycles. The van der Waals surface area contributed by atoms with E-state index >= 15 is 0 Å². The molecular formula is C17H20N2O4. The minimum atomic E-state index is -0.711. The Morgan fingerprint density at radius 2 is 1.87 bits per heavy atom. The van der Waals surface area contributed by atoms with Crippen molar-refractivity contribution in [1.82, 2.24) is 10.2 Å². The number of carbonyl (C=O) groups excluding carboxylic acids is 2. The van der Waals surface area contributed by atoms with Crippen molar-refractivity contribution in [1.29, 1.82) is 0 Å². The Balaban J connectivity index is 2.21. The number of rotatable bonds is 3. The van der Waals surface area contributed by atoms with Crippen molar-refractivity contribution in [3.63, 3.8) is 0 Å². The Hall–Kier alpha value is -2.63. The molecule has 0 fully saturated rings. The third-order valence-corrected chi connectivity index (χ3v) is 3.11. The van der Waals surface area contributed by atoms with Crippen LogP contribution in [0.2, 0.25) is 0 Å². The molecule has 1 aromatic carbocycles. The molecule has 2 aromatic rings. The quantitative estimate of drug-likeness (QED) is 0.875. The Bertz CT molecular complexity index is 802. The molecule has 2 amide bonds. The molecule has 0 aliphatic rings. The maximum Gasteiger partial charge on any atom is 0.349 e. The number of hydrogen-bond donors (Lipinski definition) is 1. The van der Waals surface area contributed by atoms with Crippen LogP contribution in [0.5, 0.6) is 0 Å². The molecular weight excluding hydrogens is 296 g/mol. The number of fused-ring (bicyclic) bond motifs is 1. The lowest BCUT2D eigenvalue weighted by atomic mass is 10.1.